The van der Waals surface area contributed by atoms with E-state index in [-0.39, 0.29) is 6.03 Å². The van der Waals surface area contributed by atoms with Crippen LogP contribution in [0.4, 0.5) is 10.5 Å². The van der Waals surface area contributed by atoms with Gasteiger partial charge < -0.3 is 5.32 Å². The Hall–Kier alpha value is -1.03. The number of amides is 2. The van der Waals surface area contributed by atoms with Gasteiger partial charge in [0, 0.05) is 23.2 Å². The van der Waals surface area contributed by atoms with Crippen LogP contribution >= 0.6 is 15.9 Å². The summed E-state index contributed by atoms with van der Waals surface area (Å²) >= 11 is 3.40. The van der Waals surface area contributed by atoms with Crippen molar-refractivity contribution >= 4 is 27.6 Å². The molecule has 0 spiro atoms. The van der Waals surface area contributed by atoms with Crippen molar-refractivity contribution < 1.29 is 4.79 Å². The Morgan fingerprint density at radius 1 is 1.50 bits per heavy atom. The van der Waals surface area contributed by atoms with E-state index in [1.54, 1.807) is 4.90 Å². The fraction of sp³-hybridized carbons (Fsp3) is 0.300. The number of benzene rings is 1. The second-order valence-corrected chi connectivity index (χ2v) is 4.23. The minimum absolute atomic E-state index is 0.00424. The van der Waals surface area contributed by atoms with Crippen LogP contribution in [-0.4, -0.2) is 19.1 Å². The topological polar surface area (TPSA) is 32.3 Å². The van der Waals surface area contributed by atoms with E-state index in [0.717, 1.165) is 28.8 Å². The zero-order valence-electron chi connectivity index (χ0n) is 7.88. The fourth-order valence-electron chi connectivity index (χ4n) is 1.62. The summed E-state index contributed by atoms with van der Waals surface area (Å²) in [5.74, 6) is 0. The average Bonchev–Trinajstić information content (AvgIpc) is 2.52. The largest absolute Gasteiger partial charge is 0.336 e. The second-order valence-electron chi connectivity index (χ2n) is 3.31. The first kappa shape index (κ1) is 9.52. The minimum atomic E-state index is -0.00424. The summed E-state index contributed by atoms with van der Waals surface area (Å²) < 4.78 is 1.04. The quantitative estimate of drug-likeness (QED) is 0.820. The van der Waals surface area contributed by atoms with Gasteiger partial charge in [-0.25, -0.2) is 4.79 Å². The van der Waals surface area contributed by atoms with Crippen LogP contribution in [0, 0.1) is 6.92 Å². The standard InChI is InChI=1S/C10H11BrN2O/c1-7-6-8(11)2-3-9(7)13-5-4-12-10(13)14/h2-3,6H,4-5H2,1H3,(H,12,14). The van der Waals surface area contributed by atoms with Crippen LogP contribution in [0.25, 0.3) is 0 Å². The van der Waals surface area contributed by atoms with Crippen molar-refractivity contribution in [1.29, 1.82) is 0 Å². The van der Waals surface area contributed by atoms with Gasteiger partial charge in [-0.15, -0.1) is 0 Å². The lowest BCUT2D eigenvalue weighted by Crippen LogP contribution is -2.28. The third kappa shape index (κ3) is 1.62. The molecule has 0 bridgehead atoms. The molecule has 1 heterocycles. The molecule has 1 aromatic carbocycles. The number of urea groups is 1. The molecule has 0 atom stereocenters. The number of aryl methyl sites for hydroxylation is 1. The Morgan fingerprint density at radius 2 is 2.29 bits per heavy atom. The Morgan fingerprint density at radius 3 is 2.86 bits per heavy atom. The Bertz CT molecular complexity index is 378. The molecule has 4 heteroatoms. The van der Waals surface area contributed by atoms with E-state index in [2.05, 4.69) is 21.2 Å². The maximum atomic E-state index is 11.4. The molecule has 0 saturated carbocycles. The molecule has 74 valence electrons. The zero-order chi connectivity index (χ0) is 10.1. The molecule has 2 rings (SSSR count). The van der Waals surface area contributed by atoms with Crippen molar-refractivity contribution in [3.8, 4) is 0 Å². The van der Waals surface area contributed by atoms with Crippen LogP contribution in [0.2, 0.25) is 0 Å². The van der Waals surface area contributed by atoms with Gasteiger partial charge in [0.25, 0.3) is 0 Å². The molecule has 1 aliphatic rings. The van der Waals surface area contributed by atoms with Crippen molar-refractivity contribution in [3.63, 3.8) is 0 Å². The maximum absolute atomic E-state index is 11.4. The molecule has 1 aromatic rings. The van der Waals surface area contributed by atoms with Crippen LogP contribution in [0.5, 0.6) is 0 Å². The molecule has 3 nitrogen and oxygen atoms in total. The maximum Gasteiger partial charge on any atom is 0.322 e. The van der Waals surface area contributed by atoms with E-state index in [0.29, 0.717) is 0 Å². The van der Waals surface area contributed by atoms with Crippen molar-refractivity contribution in [2.75, 3.05) is 18.0 Å². The number of carbonyl (C=O) groups excluding carboxylic acids is 1. The number of carbonyl (C=O) groups is 1. The van der Waals surface area contributed by atoms with Gasteiger partial charge in [0.15, 0.2) is 0 Å². The van der Waals surface area contributed by atoms with Crippen molar-refractivity contribution in [2.24, 2.45) is 0 Å². The van der Waals surface area contributed by atoms with Crippen molar-refractivity contribution in [2.45, 2.75) is 6.92 Å². The second kappa shape index (κ2) is 3.61. The molecule has 2 amide bonds. The van der Waals surface area contributed by atoms with Crippen molar-refractivity contribution in [1.82, 2.24) is 5.32 Å². The molecule has 0 aromatic heterocycles. The zero-order valence-corrected chi connectivity index (χ0v) is 9.47. The number of nitrogens with zero attached hydrogens (tertiary/aromatic N) is 1. The number of hydrogen-bond acceptors (Lipinski definition) is 1. The highest BCUT2D eigenvalue weighted by atomic mass is 79.9. The van der Waals surface area contributed by atoms with Crippen LogP contribution in [-0.2, 0) is 0 Å². The lowest BCUT2D eigenvalue weighted by atomic mass is 10.2. The summed E-state index contributed by atoms with van der Waals surface area (Å²) in [7, 11) is 0. The van der Waals surface area contributed by atoms with E-state index in [1.807, 2.05) is 25.1 Å². The summed E-state index contributed by atoms with van der Waals surface area (Å²) in [5.41, 5.74) is 2.10. The Balaban J connectivity index is 2.36. The minimum Gasteiger partial charge on any atom is -0.336 e. The molecule has 1 aliphatic heterocycles. The predicted molar refractivity (Wildman–Crippen MR) is 59.6 cm³/mol. The van der Waals surface area contributed by atoms with Gasteiger partial charge in [-0.05, 0) is 30.7 Å². The summed E-state index contributed by atoms with van der Waals surface area (Å²) in [5, 5.41) is 2.79. The van der Waals surface area contributed by atoms with E-state index < -0.39 is 0 Å². The summed E-state index contributed by atoms with van der Waals surface area (Å²) in [6, 6.07) is 5.93. The molecule has 1 N–H and O–H groups in total. The molecular weight excluding hydrogens is 244 g/mol. The van der Waals surface area contributed by atoms with E-state index >= 15 is 0 Å². The molecule has 1 saturated heterocycles. The smallest absolute Gasteiger partial charge is 0.322 e. The number of rotatable bonds is 1. The van der Waals surface area contributed by atoms with Gasteiger partial charge in [0.05, 0.1) is 0 Å². The lowest BCUT2D eigenvalue weighted by Gasteiger charge is -2.16. The summed E-state index contributed by atoms with van der Waals surface area (Å²) in [4.78, 5) is 13.2. The molecule has 1 fully saturated rings. The first-order valence-electron chi connectivity index (χ1n) is 4.50. The summed E-state index contributed by atoms with van der Waals surface area (Å²) in [6.07, 6.45) is 0. The SMILES string of the molecule is Cc1cc(Br)ccc1N1CCNC1=O. The van der Waals surface area contributed by atoms with Crippen LogP contribution < -0.4 is 10.2 Å². The van der Waals surface area contributed by atoms with Gasteiger partial charge in [0.2, 0.25) is 0 Å². The van der Waals surface area contributed by atoms with Gasteiger partial charge >= 0.3 is 6.03 Å². The van der Waals surface area contributed by atoms with Crippen LogP contribution in [0.15, 0.2) is 22.7 Å². The molecule has 0 radical (unpaired) electrons. The van der Waals surface area contributed by atoms with E-state index in [4.69, 9.17) is 0 Å². The third-order valence-corrected chi connectivity index (χ3v) is 2.80. The van der Waals surface area contributed by atoms with Crippen LogP contribution in [0.1, 0.15) is 5.56 Å². The number of nitrogens with one attached hydrogen (secondary N) is 1. The fourth-order valence-corrected chi connectivity index (χ4v) is 2.10. The van der Waals surface area contributed by atoms with E-state index in [1.165, 1.54) is 0 Å². The Kier molecular flexibility index (Phi) is 2.46. The van der Waals surface area contributed by atoms with Gasteiger partial charge in [0.1, 0.15) is 0 Å². The molecule has 0 unspecified atom stereocenters. The van der Waals surface area contributed by atoms with Gasteiger partial charge in [-0.1, -0.05) is 15.9 Å². The predicted octanol–water partition coefficient (Wildman–Crippen LogP) is 2.29. The number of hydrogen-bond donors (Lipinski definition) is 1. The summed E-state index contributed by atoms with van der Waals surface area (Å²) in [6.45, 7) is 3.49. The average molecular weight is 255 g/mol. The van der Waals surface area contributed by atoms with E-state index in [9.17, 15) is 4.79 Å². The van der Waals surface area contributed by atoms with Crippen molar-refractivity contribution in [3.05, 3.63) is 28.2 Å². The highest BCUT2D eigenvalue weighted by molar-refractivity contribution is 9.10. The first-order chi connectivity index (χ1) is 6.68. The number of anilines is 1. The van der Waals surface area contributed by atoms with Gasteiger partial charge in [-0.2, -0.15) is 0 Å². The number of halogens is 1. The normalized spacial score (nSPS) is 15.9. The lowest BCUT2D eigenvalue weighted by molar-refractivity contribution is 0.252. The highest BCUT2D eigenvalue weighted by Crippen LogP contribution is 2.24. The van der Waals surface area contributed by atoms with Crippen LogP contribution in [0.3, 0.4) is 0 Å². The molecule has 0 aliphatic carbocycles. The molecular formula is C10H11BrN2O. The first-order valence-corrected chi connectivity index (χ1v) is 5.29. The monoisotopic (exact) mass is 254 g/mol. The Labute approximate surface area is 91.2 Å². The highest BCUT2D eigenvalue weighted by Gasteiger charge is 2.22. The molecule has 14 heavy (non-hydrogen) atoms. The third-order valence-electron chi connectivity index (χ3n) is 2.31. The van der Waals surface area contributed by atoms with Gasteiger partial charge in [-0.3, -0.25) is 4.90 Å².